The third-order valence-corrected chi connectivity index (χ3v) is 3.85. The van der Waals surface area contributed by atoms with Gasteiger partial charge in [0.1, 0.15) is 0 Å². The predicted octanol–water partition coefficient (Wildman–Crippen LogP) is 1.63. The van der Waals surface area contributed by atoms with E-state index in [0.717, 1.165) is 13.1 Å². The monoisotopic (exact) mass is 229 g/mol. The van der Waals surface area contributed by atoms with Gasteiger partial charge in [-0.2, -0.15) is 0 Å². The first kappa shape index (κ1) is 13.9. The second kappa shape index (κ2) is 6.58. The summed E-state index contributed by atoms with van der Waals surface area (Å²) in [5, 5.41) is 18.7. The fourth-order valence-electron chi connectivity index (χ4n) is 2.59. The molecule has 0 heterocycles. The lowest BCUT2D eigenvalue weighted by atomic mass is 9.88. The summed E-state index contributed by atoms with van der Waals surface area (Å²) < 4.78 is 0. The highest BCUT2D eigenvalue weighted by Gasteiger charge is 2.29. The Kier molecular flexibility index (Phi) is 5.73. The molecule has 1 saturated carbocycles. The second-order valence-corrected chi connectivity index (χ2v) is 5.48. The summed E-state index contributed by atoms with van der Waals surface area (Å²) in [6.07, 6.45) is 6.58. The molecule has 0 radical (unpaired) electrons. The molecule has 16 heavy (non-hydrogen) atoms. The molecule has 0 bridgehead atoms. The van der Waals surface area contributed by atoms with Crippen LogP contribution >= 0.6 is 0 Å². The van der Waals surface area contributed by atoms with E-state index in [2.05, 4.69) is 11.8 Å². The van der Waals surface area contributed by atoms with Crippen molar-refractivity contribution in [1.29, 1.82) is 0 Å². The highest BCUT2D eigenvalue weighted by atomic mass is 16.3. The molecule has 0 atom stereocenters. The maximum atomic E-state index is 9.34. The van der Waals surface area contributed by atoms with Crippen molar-refractivity contribution in [3.8, 4) is 0 Å². The molecule has 0 aromatic heterocycles. The van der Waals surface area contributed by atoms with Crippen LogP contribution in [0.25, 0.3) is 0 Å². The van der Waals surface area contributed by atoms with Crippen LogP contribution in [0.3, 0.4) is 0 Å². The summed E-state index contributed by atoms with van der Waals surface area (Å²) in [6, 6.07) is 0.663. The number of rotatable bonds is 6. The molecule has 0 saturated heterocycles. The van der Waals surface area contributed by atoms with Crippen molar-refractivity contribution in [2.45, 2.75) is 52.0 Å². The summed E-state index contributed by atoms with van der Waals surface area (Å²) in [7, 11) is 0. The van der Waals surface area contributed by atoms with E-state index in [9.17, 15) is 10.2 Å². The molecule has 0 amide bonds. The van der Waals surface area contributed by atoms with Crippen LogP contribution < -0.4 is 0 Å². The van der Waals surface area contributed by atoms with Crippen LogP contribution in [0.15, 0.2) is 0 Å². The second-order valence-electron chi connectivity index (χ2n) is 5.48. The maximum Gasteiger partial charge on any atom is 0.0519 e. The molecule has 3 heteroatoms. The lowest BCUT2D eigenvalue weighted by Crippen LogP contribution is -2.46. The molecule has 0 aromatic rings. The van der Waals surface area contributed by atoms with E-state index in [0.29, 0.717) is 6.04 Å². The van der Waals surface area contributed by atoms with E-state index in [1.54, 1.807) is 0 Å². The fraction of sp³-hybridized carbons (Fsp3) is 1.00. The van der Waals surface area contributed by atoms with Crippen molar-refractivity contribution in [2.75, 3.05) is 26.3 Å². The van der Waals surface area contributed by atoms with Gasteiger partial charge in [0.05, 0.1) is 13.2 Å². The average Bonchev–Trinajstić information content (AvgIpc) is 2.36. The SMILES string of the molecule is CCN(CC(C)(CO)CO)C1CCCCC1. The molecule has 1 aliphatic carbocycles. The van der Waals surface area contributed by atoms with Crippen molar-refractivity contribution in [1.82, 2.24) is 4.90 Å². The van der Waals surface area contributed by atoms with Crippen molar-refractivity contribution < 1.29 is 10.2 Å². The zero-order valence-corrected chi connectivity index (χ0v) is 10.8. The first-order valence-corrected chi connectivity index (χ1v) is 6.61. The lowest BCUT2D eigenvalue weighted by molar-refractivity contribution is 0.0176. The summed E-state index contributed by atoms with van der Waals surface area (Å²) in [4.78, 5) is 2.44. The summed E-state index contributed by atoms with van der Waals surface area (Å²) in [5.74, 6) is 0. The standard InChI is InChI=1S/C13H27NO2/c1-3-14(9-13(2,10-15)11-16)12-7-5-4-6-8-12/h12,15-16H,3-11H2,1-2H3. The van der Waals surface area contributed by atoms with Crippen molar-refractivity contribution in [3.05, 3.63) is 0 Å². The molecule has 1 aliphatic rings. The summed E-state index contributed by atoms with van der Waals surface area (Å²) >= 11 is 0. The predicted molar refractivity (Wildman–Crippen MR) is 66.4 cm³/mol. The zero-order valence-electron chi connectivity index (χ0n) is 10.8. The van der Waals surface area contributed by atoms with E-state index >= 15 is 0 Å². The van der Waals surface area contributed by atoms with Crippen molar-refractivity contribution in [2.24, 2.45) is 5.41 Å². The molecule has 1 fully saturated rings. The highest BCUT2D eigenvalue weighted by molar-refractivity contribution is 4.82. The Hall–Kier alpha value is -0.120. The van der Waals surface area contributed by atoms with E-state index < -0.39 is 0 Å². The van der Waals surface area contributed by atoms with Crippen LogP contribution in [-0.4, -0.2) is 47.5 Å². The number of aliphatic hydroxyl groups is 2. The largest absolute Gasteiger partial charge is 0.396 e. The summed E-state index contributed by atoms with van der Waals surface area (Å²) in [5.41, 5.74) is -0.354. The Morgan fingerprint density at radius 1 is 1.12 bits per heavy atom. The van der Waals surface area contributed by atoms with Crippen LogP contribution in [-0.2, 0) is 0 Å². The van der Waals surface area contributed by atoms with E-state index in [-0.39, 0.29) is 18.6 Å². The topological polar surface area (TPSA) is 43.7 Å². The van der Waals surface area contributed by atoms with Gasteiger partial charge in [0.15, 0.2) is 0 Å². The Morgan fingerprint density at radius 2 is 1.69 bits per heavy atom. The molecule has 0 aliphatic heterocycles. The number of nitrogens with zero attached hydrogens (tertiary/aromatic N) is 1. The lowest BCUT2D eigenvalue weighted by Gasteiger charge is -2.39. The first-order chi connectivity index (χ1) is 7.65. The fourth-order valence-corrected chi connectivity index (χ4v) is 2.59. The van der Waals surface area contributed by atoms with Gasteiger partial charge in [-0.05, 0) is 19.4 Å². The zero-order chi connectivity index (χ0) is 12.0. The van der Waals surface area contributed by atoms with Gasteiger partial charge in [-0.3, -0.25) is 4.90 Å². The minimum atomic E-state index is -0.354. The van der Waals surface area contributed by atoms with E-state index in [1.807, 2.05) is 6.92 Å². The van der Waals surface area contributed by atoms with Gasteiger partial charge >= 0.3 is 0 Å². The minimum absolute atomic E-state index is 0.0622. The van der Waals surface area contributed by atoms with Gasteiger partial charge in [-0.15, -0.1) is 0 Å². The highest BCUT2D eigenvalue weighted by Crippen LogP contribution is 2.25. The van der Waals surface area contributed by atoms with E-state index in [4.69, 9.17) is 0 Å². The first-order valence-electron chi connectivity index (χ1n) is 6.61. The molecular formula is C13H27NO2. The Bertz CT molecular complexity index is 186. The number of aliphatic hydroxyl groups excluding tert-OH is 2. The van der Waals surface area contributed by atoms with Crippen LogP contribution in [0.5, 0.6) is 0 Å². The van der Waals surface area contributed by atoms with Gasteiger partial charge in [0, 0.05) is 18.0 Å². The molecule has 0 unspecified atom stereocenters. The third-order valence-electron chi connectivity index (χ3n) is 3.85. The van der Waals surface area contributed by atoms with Crippen LogP contribution in [0, 0.1) is 5.41 Å². The van der Waals surface area contributed by atoms with Crippen LogP contribution in [0.2, 0.25) is 0 Å². The normalized spacial score (nSPS) is 19.3. The van der Waals surface area contributed by atoms with Crippen molar-refractivity contribution >= 4 is 0 Å². The van der Waals surface area contributed by atoms with E-state index in [1.165, 1.54) is 32.1 Å². The van der Waals surface area contributed by atoms with Gasteiger partial charge in [-0.1, -0.05) is 33.1 Å². The van der Waals surface area contributed by atoms with Crippen molar-refractivity contribution in [3.63, 3.8) is 0 Å². The quantitative estimate of drug-likeness (QED) is 0.727. The molecule has 0 spiro atoms. The van der Waals surface area contributed by atoms with Gasteiger partial charge in [-0.25, -0.2) is 0 Å². The molecule has 0 aromatic carbocycles. The van der Waals surface area contributed by atoms with Gasteiger partial charge < -0.3 is 10.2 Å². The third kappa shape index (κ3) is 3.72. The molecular weight excluding hydrogens is 202 g/mol. The summed E-state index contributed by atoms with van der Waals surface area (Å²) in [6.45, 7) is 6.07. The Labute approximate surface area is 99.5 Å². The average molecular weight is 229 g/mol. The number of hydrogen-bond donors (Lipinski definition) is 2. The molecule has 1 rings (SSSR count). The van der Waals surface area contributed by atoms with Gasteiger partial charge in [0.2, 0.25) is 0 Å². The molecule has 2 N–H and O–H groups in total. The van der Waals surface area contributed by atoms with Crippen LogP contribution in [0.4, 0.5) is 0 Å². The number of hydrogen-bond acceptors (Lipinski definition) is 3. The maximum absolute atomic E-state index is 9.34. The van der Waals surface area contributed by atoms with Gasteiger partial charge in [0.25, 0.3) is 0 Å². The molecule has 3 nitrogen and oxygen atoms in total. The Morgan fingerprint density at radius 3 is 2.12 bits per heavy atom. The van der Waals surface area contributed by atoms with Crippen LogP contribution in [0.1, 0.15) is 46.0 Å². The minimum Gasteiger partial charge on any atom is -0.396 e. The Balaban J connectivity index is 2.52. The smallest absolute Gasteiger partial charge is 0.0519 e. The molecule has 96 valence electrons.